The predicted octanol–water partition coefficient (Wildman–Crippen LogP) is 1.74. The Balaban J connectivity index is 2.88. The van der Waals surface area contributed by atoms with E-state index in [4.69, 9.17) is 9.47 Å². The van der Waals surface area contributed by atoms with Crippen LogP contribution in [0, 0.1) is 0 Å². The molecule has 1 amide bonds. The number of hydrogen-bond acceptors (Lipinski definition) is 4. The first-order valence-corrected chi connectivity index (χ1v) is 6.72. The second-order valence-corrected chi connectivity index (χ2v) is 4.72. The van der Waals surface area contributed by atoms with Crippen LogP contribution >= 0.6 is 15.9 Å². The normalized spacial score (nSPS) is 11.8. The lowest BCUT2D eigenvalue weighted by Crippen LogP contribution is -2.36. The topological polar surface area (TPSA) is 84.9 Å². The first-order chi connectivity index (χ1) is 9.49. The Bertz CT molecular complexity index is 492. The van der Waals surface area contributed by atoms with Gasteiger partial charge >= 0.3 is 5.97 Å². The molecule has 1 atom stereocenters. The van der Waals surface area contributed by atoms with Crippen molar-refractivity contribution in [3.8, 4) is 5.75 Å². The number of rotatable bonds is 7. The lowest BCUT2D eigenvalue weighted by atomic mass is 10.1. The molecule has 0 radical (unpaired) electrons. The molecule has 1 rings (SSSR count). The molecule has 0 bridgehead atoms. The molecule has 2 N–H and O–H groups in total. The predicted molar refractivity (Wildman–Crippen MR) is 75.7 cm³/mol. The van der Waals surface area contributed by atoms with Crippen LogP contribution in [0.25, 0.3) is 0 Å². The maximum Gasteiger partial charge on any atom is 0.330 e. The summed E-state index contributed by atoms with van der Waals surface area (Å²) < 4.78 is 10.6. The fourth-order valence-electron chi connectivity index (χ4n) is 1.55. The van der Waals surface area contributed by atoms with Crippen molar-refractivity contribution in [2.45, 2.75) is 13.0 Å². The molecule has 0 aromatic heterocycles. The molecule has 0 aliphatic carbocycles. The van der Waals surface area contributed by atoms with Gasteiger partial charge in [-0.2, -0.15) is 0 Å². The molecule has 6 nitrogen and oxygen atoms in total. The monoisotopic (exact) mass is 345 g/mol. The molecule has 7 heteroatoms. The Morgan fingerprint density at radius 2 is 2.15 bits per heavy atom. The molecule has 0 aliphatic heterocycles. The van der Waals surface area contributed by atoms with Gasteiger partial charge in [-0.25, -0.2) is 4.79 Å². The minimum Gasteiger partial charge on any atom is -0.496 e. The number of hydrogen-bond donors (Lipinski definition) is 2. The number of nitrogens with one attached hydrogen (secondary N) is 1. The largest absolute Gasteiger partial charge is 0.496 e. The fourth-order valence-corrected chi connectivity index (χ4v) is 2.11. The lowest BCUT2D eigenvalue weighted by Gasteiger charge is -2.16. The number of ether oxygens (including phenoxy) is 2. The smallest absolute Gasteiger partial charge is 0.330 e. The summed E-state index contributed by atoms with van der Waals surface area (Å²) in [5.41, 5.74) is 0.440. The van der Waals surface area contributed by atoms with E-state index in [0.717, 1.165) is 0 Å². The summed E-state index contributed by atoms with van der Waals surface area (Å²) in [4.78, 5) is 22.8. The Morgan fingerprint density at radius 1 is 1.45 bits per heavy atom. The van der Waals surface area contributed by atoms with E-state index in [2.05, 4.69) is 21.2 Å². The highest BCUT2D eigenvalue weighted by Crippen LogP contribution is 2.28. The minimum absolute atomic E-state index is 0.169. The molecule has 20 heavy (non-hydrogen) atoms. The third-order valence-corrected chi connectivity index (χ3v) is 3.12. The summed E-state index contributed by atoms with van der Waals surface area (Å²) in [6.45, 7) is 1.97. The second-order valence-electron chi connectivity index (χ2n) is 3.87. The first-order valence-electron chi connectivity index (χ1n) is 5.93. The summed E-state index contributed by atoms with van der Waals surface area (Å²) in [7, 11) is 1.51. The number of benzene rings is 1. The van der Waals surface area contributed by atoms with Crippen LogP contribution in [0.15, 0.2) is 22.7 Å². The Labute approximate surface area is 125 Å². The zero-order valence-electron chi connectivity index (χ0n) is 11.2. The zero-order valence-corrected chi connectivity index (χ0v) is 12.8. The Kier molecular flexibility index (Phi) is 6.47. The van der Waals surface area contributed by atoms with Gasteiger partial charge in [-0.15, -0.1) is 0 Å². The van der Waals surface area contributed by atoms with Gasteiger partial charge in [-0.1, -0.05) is 6.07 Å². The van der Waals surface area contributed by atoms with Crippen molar-refractivity contribution in [2.75, 3.05) is 20.3 Å². The lowest BCUT2D eigenvalue weighted by molar-refractivity contribution is -0.142. The van der Waals surface area contributed by atoms with E-state index >= 15 is 0 Å². The molecular weight excluding hydrogens is 330 g/mol. The van der Waals surface area contributed by atoms with Gasteiger partial charge in [-0.05, 0) is 40.5 Å². The molecule has 0 fully saturated rings. The van der Waals surface area contributed by atoms with E-state index < -0.39 is 17.9 Å². The van der Waals surface area contributed by atoms with Crippen molar-refractivity contribution >= 4 is 27.8 Å². The van der Waals surface area contributed by atoms with Crippen LogP contribution in [-0.4, -0.2) is 37.3 Å². The molecule has 0 spiro atoms. The van der Waals surface area contributed by atoms with Gasteiger partial charge in [0.05, 0.1) is 11.6 Å². The number of carbonyl (C=O) groups excluding carboxylic acids is 1. The Hall–Kier alpha value is -1.60. The molecule has 1 aromatic carbocycles. The number of aliphatic carboxylic acids is 1. The number of amides is 1. The molecule has 0 saturated carbocycles. The number of methoxy groups -OCH3 is 1. The molecule has 1 aromatic rings. The highest BCUT2D eigenvalue weighted by molar-refractivity contribution is 9.10. The zero-order chi connectivity index (χ0) is 15.1. The van der Waals surface area contributed by atoms with Crippen molar-refractivity contribution in [3.63, 3.8) is 0 Å². The van der Waals surface area contributed by atoms with Crippen LogP contribution in [-0.2, 0) is 14.3 Å². The summed E-state index contributed by atoms with van der Waals surface area (Å²) in [6, 6.07) is 3.68. The molecule has 0 aliphatic rings. The van der Waals surface area contributed by atoms with Crippen LogP contribution in [0.4, 0.5) is 0 Å². The number of carbonyl (C=O) groups is 2. The highest BCUT2D eigenvalue weighted by Gasteiger charge is 2.22. The van der Waals surface area contributed by atoms with Crippen molar-refractivity contribution in [3.05, 3.63) is 28.2 Å². The third-order valence-electron chi connectivity index (χ3n) is 2.50. The van der Waals surface area contributed by atoms with Crippen LogP contribution < -0.4 is 10.1 Å². The molecule has 1 unspecified atom stereocenters. The Morgan fingerprint density at radius 3 is 2.65 bits per heavy atom. The van der Waals surface area contributed by atoms with Gasteiger partial charge in [0, 0.05) is 6.61 Å². The number of carboxylic acid groups (broad SMARTS) is 1. The molecule has 0 saturated heterocycles. The molecule has 0 heterocycles. The quantitative estimate of drug-likeness (QED) is 0.786. The summed E-state index contributed by atoms with van der Waals surface area (Å²) in [6.07, 6.45) is 0. The second kappa shape index (κ2) is 7.86. The van der Waals surface area contributed by atoms with Gasteiger partial charge in [0.2, 0.25) is 5.91 Å². The highest BCUT2D eigenvalue weighted by atomic mass is 79.9. The maximum atomic E-state index is 11.6. The third kappa shape index (κ3) is 4.50. The van der Waals surface area contributed by atoms with Gasteiger partial charge in [0.15, 0.2) is 6.04 Å². The summed E-state index contributed by atoms with van der Waals surface area (Å²) in [5, 5.41) is 11.6. The van der Waals surface area contributed by atoms with Gasteiger partial charge in [-0.3, -0.25) is 4.79 Å². The number of halogens is 1. The van der Waals surface area contributed by atoms with E-state index in [0.29, 0.717) is 22.4 Å². The fraction of sp³-hybridized carbons (Fsp3) is 0.385. The van der Waals surface area contributed by atoms with Crippen molar-refractivity contribution in [2.24, 2.45) is 0 Å². The van der Waals surface area contributed by atoms with Crippen molar-refractivity contribution in [1.82, 2.24) is 5.32 Å². The van der Waals surface area contributed by atoms with Gasteiger partial charge < -0.3 is 19.9 Å². The summed E-state index contributed by atoms with van der Waals surface area (Å²) >= 11 is 3.28. The van der Waals surface area contributed by atoms with Crippen molar-refractivity contribution in [1.29, 1.82) is 0 Å². The van der Waals surface area contributed by atoms with Gasteiger partial charge in [0.1, 0.15) is 12.4 Å². The van der Waals surface area contributed by atoms with E-state index in [1.165, 1.54) is 7.11 Å². The molecular formula is C13H16BrNO5. The average molecular weight is 346 g/mol. The van der Waals surface area contributed by atoms with Crippen molar-refractivity contribution < 1.29 is 24.2 Å². The van der Waals surface area contributed by atoms with E-state index in [-0.39, 0.29) is 6.61 Å². The van der Waals surface area contributed by atoms with Crippen LogP contribution in [0.5, 0.6) is 5.75 Å². The summed E-state index contributed by atoms with van der Waals surface area (Å²) in [5.74, 6) is -1.04. The first kappa shape index (κ1) is 16.5. The van der Waals surface area contributed by atoms with E-state index in [1.54, 1.807) is 25.1 Å². The van der Waals surface area contributed by atoms with E-state index in [9.17, 15) is 14.7 Å². The van der Waals surface area contributed by atoms with Crippen LogP contribution in [0.2, 0.25) is 0 Å². The average Bonchev–Trinajstić information content (AvgIpc) is 2.42. The standard InChI is InChI=1S/C13H16BrNO5/c1-3-20-7-11(16)15-12(13(17)18)8-4-5-10(19-2)9(14)6-8/h4-6,12H,3,7H2,1-2H3,(H,15,16)(H,17,18). The maximum absolute atomic E-state index is 11.6. The van der Waals surface area contributed by atoms with Gasteiger partial charge in [0.25, 0.3) is 0 Å². The number of carboxylic acids is 1. The SMILES string of the molecule is CCOCC(=O)NC(C(=O)O)c1ccc(OC)c(Br)c1. The van der Waals surface area contributed by atoms with Crippen LogP contribution in [0.3, 0.4) is 0 Å². The van der Waals surface area contributed by atoms with Crippen LogP contribution in [0.1, 0.15) is 18.5 Å². The van der Waals surface area contributed by atoms with E-state index in [1.807, 2.05) is 0 Å². The molecule has 110 valence electrons. The minimum atomic E-state index is -1.15.